The molecule has 0 radical (unpaired) electrons. The van der Waals surface area contributed by atoms with E-state index in [4.69, 9.17) is 6.42 Å². The first-order chi connectivity index (χ1) is 5.88. The number of nitrogens with one attached hydrogen (secondary N) is 1. The molecule has 0 amide bonds. The largest absolute Gasteiger partial charge is 0.312 e. The van der Waals surface area contributed by atoms with Crippen molar-refractivity contribution in [2.75, 3.05) is 7.05 Å². The fourth-order valence-electron chi connectivity index (χ4n) is 0.993. The highest BCUT2D eigenvalue weighted by atomic mass is 32.1. The third-order valence-electron chi connectivity index (χ3n) is 1.66. The molecule has 4 heteroatoms. The zero-order valence-electron chi connectivity index (χ0n) is 6.95. The molecular formula is C8H11N3S. The van der Waals surface area contributed by atoms with Crippen LogP contribution in [0.2, 0.25) is 0 Å². The van der Waals surface area contributed by atoms with Crippen LogP contribution in [0, 0.1) is 12.3 Å². The molecule has 0 fully saturated rings. The summed E-state index contributed by atoms with van der Waals surface area (Å²) >= 11 is 1.23. The van der Waals surface area contributed by atoms with Gasteiger partial charge in [0.2, 0.25) is 0 Å². The van der Waals surface area contributed by atoms with E-state index in [0.29, 0.717) is 0 Å². The molecular weight excluding hydrogens is 170 g/mol. The van der Waals surface area contributed by atoms with Gasteiger partial charge in [0, 0.05) is 6.42 Å². The van der Waals surface area contributed by atoms with E-state index in [1.54, 1.807) is 6.20 Å². The molecule has 0 aliphatic heterocycles. The van der Waals surface area contributed by atoms with Gasteiger partial charge in [0.05, 0.1) is 29.7 Å². The predicted molar refractivity (Wildman–Crippen MR) is 49.8 cm³/mol. The van der Waals surface area contributed by atoms with E-state index in [1.807, 2.05) is 7.05 Å². The number of hydrogen-bond donors (Lipinski definition) is 1. The Morgan fingerprint density at radius 1 is 1.83 bits per heavy atom. The van der Waals surface area contributed by atoms with Gasteiger partial charge in [-0.1, -0.05) is 0 Å². The topological polar surface area (TPSA) is 37.8 Å². The Bertz CT molecular complexity index is 250. The average Bonchev–Trinajstić information content (AvgIpc) is 2.59. The zero-order chi connectivity index (χ0) is 8.81. The van der Waals surface area contributed by atoms with Crippen molar-refractivity contribution >= 4 is 11.7 Å². The lowest BCUT2D eigenvalue weighted by molar-refractivity contribution is 0.548. The second-order valence-electron chi connectivity index (χ2n) is 2.42. The van der Waals surface area contributed by atoms with Gasteiger partial charge in [-0.2, -0.15) is 8.75 Å². The lowest BCUT2D eigenvalue weighted by Crippen LogP contribution is -2.16. The van der Waals surface area contributed by atoms with Crippen LogP contribution in [0.4, 0.5) is 0 Å². The van der Waals surface area contributed by atoms with Crippen LogP contribution in [0.15, 0.2) is 6.20 Å². The zero-order valence-corrected chi connectivity index (χ0v) is 7.77. The van der Waals surface area contributed by atoms with Gasteiger partial charge in [-0.05, 0) is 13.5 Å². The van der Waals surface area contributed by atoms with Gasteiger partial charge < -0.3 is 5.32 Å². The summed E-state index contributed by atoms with van der Waals surface area (Å²) in [4.78, 5) is 0. The van der Waals surface area contributed by atoms with Crippen LogP contribution in [-0.2, 0) is 0 Å². The van der Waals surface area contributed by atoms with E-state index >= 15 is 0 Å². The maximum Gasteiger partial charge on any atom is 0.0912 e. The molecule has 64 valence electrons. The molecule has 1 unspecified atom stereocenters. The summed E-state index contributed by atoms with van der Waals surface area (Å²) in [6.45, 7) is 0. The molecule has 0 aliphatic carbocycles. The highest BCUT2D eigenvalue weighted by molar-refractivity contribution is 6.99. The molecule has 0 aromatic carbocycles. The van der Waals surface area contributed by atoms with E-state index in [-0.39, 0.29) is 6.04 Å². The SMILES string of the molecule is C#CCCC(NC)c1cnsn1. The minimum Gasteiger partial charge on any atom is -0.312 e. The number of rotatable bonds is 4. The highest BCUT2D eigenvalue weighted by Crippen LogP contribution is 2.15. The first-order valence-corrected chi connectivity index (χ1v) is 4.49. The molecule has 0 bridgehead atoms. The van der Waals surface area contributed by atoms with Crippen molar-refractivity contribution in [1.82, 2.24) is 14.1 Å². The Labute approximate surface area is 76.5 Å². The first kappa shape index (κ1) is 9.17. The maximum atomic E-state index is 5.17. The molecule has 3 nitrogen and oxygen atoms in total. The third kappa shape index (κ3) is 2.29. The molecule has 0 saturated heterocycles. The third-order valence-corrected chi connectivity index (χ3v) is 2.15. The van der Waals surface area contributed by atoms with E-state index in [9.17, 15) is 0 Å². The van der Waals surface area contributed by atoms with Crippen molar-refractivity contribution < 1.29 is 0 Å². The van der Waals surface area contributed by atoms with Gasteiger partial charge in [-0.25, -0.2) is 0 Å². The monoisotopic (exact) mass is 181 g/mol. The van der Waals surface area contributed by atoms with Gasteiger partial charge >= 0.3 is 0 Å². The molecule has 1 heterocycles. The van der Waals surface area contributed by atoms with Gasteiger partial charge in [-0.3, -0.25) is 0 Å². The van der Waals surface area contributed by atoms with Crippen LogP contribution >= 0.6 is 11.7 Å². The maximum absolute atomic E-state index is 5.17. The molecule has 1 aromatic heterocycles. The molecule has 1 rings (SSSR count). The number of nitrogens with zero attached hydrogens (tertiary/aromatic N) is 2. The molecule has 1 N–H and O–H groups in total. The normalized spacial score (nSPS) is 12.3. The smallest absolute Gasteiger partial charge is 0.0912 e. The number of aromatic nitrogens is 2. The second kappa shape index (κ2) is 4.86. The Morgan fingerprint density at radius 2 is 2.67 bits per heavy atom. The number of hydrogen-bond acceptors (Lipinski definition) is 4. The Kier molecular flexibility index (Phi) is 3.71. The van der Waals surface area contributed by atoms with Gasteiger partial charge in [-0.15, -0.1) is 12.3 Å². The molecule has 0 aliphatic rings. The summed E-state index contributed by atoms with van der Waals surface area (Å²) in [6, 6.07) is 0.250. The van der Waals surface area contributed by atoms with E-state index in [1.165, 1.54) is 11.7 Å². The number of terminal acetylenes is 1. The Hall–Kier alpha value is -0.920. The quantitative estimate of drug-likeness (QED) is 0.709. The summed E-state index contributed by atoms with van der Waals surface area (Å²) in [5, 5.41) is 3.15. The van der Waals surface area contributed by atoms with Crippen LogP contribution < -0.4 is 5.32 Å². The van der Waals surface area contributed by atoms with E-state index < -0.39 is 0 Å². The highest BCUT2D eigenvalue weighted by Gasteiger charge is 2.10. The van der Waals surface area contributed by atoms with Crippen molar-refractivity contribution in [3.8, 4) is 12.3 Å². The summed E-state index contributed by atoms with van der Waals surface area (Å²) in [7, 11) is 1.90. The average molecular weight is 181 g/mol. The molecule has 12 heavy (non-hydrogen) atoms. The van der Waals surface area contributed by atoms with Gasteiger partial charge in [0.1, 0.15) is 0 Å². The van der Waals surface area contributed by atoms with Crippen LogP contribution in [0.1, 0.15) is 24.6 Å². The van der Waals surface area contributed by atoms with Gasteiger partial charge in [0.15, 0.2) is 0 Å². The molecule has 1 aromatic rings. The van der Waals surface area contributed by atoms with Crippen LogP contribution in [0.3, 0.4) is 0 Å². The summed E-state index contributed by atoms with van der Waals surface area (Å²) in [5.74, 6) is 2.61. The van der Waals surface area contributed by atoms with Crippen molar-refractivity contribution in [3.63, 3.8) is 0 Å². The Balaban J connectivity index is 2.52. The fourth-order valence-corrected chi connectivity index (χ4v) is 1.46. The van der Waals surface area contributed by atoms with Crippen LogP contribution in [-0.4, -0.2) is 15.8 Å². The lowest BCUT2D eigenvalue weighted by atomic mass is 10.1. The molecule has 0 spiro atoms. The fraction of sp³-hybridized carbons (Fsp3) is 0.500. The van der Waals surface area contributed by atoms with E-state index in [0.717, 1.165) is 18.5 Å². The summed E-state index contributed by atoms with van der Waals surface area (Å²) < 4.78 is 8.08. The van der Waals surface area contributed by atoms with Crippen molar-refractivity contribution in [3.05, 3.63) is 11.9 Å². The van der Waals surface area contributed by atoms with Crippen molar-refractivity contribution in [1.29, 1.82) is 0 Å². The standard InChI is InChI=1S/C8H11N3S/c1-3-4-5-7(9-2)8-6-10-12-11-8/h1,6-7,9H,4-5H2,2H3. The summed E-state index contributed by atoms with van der Waals surface area (Å²) in [6.07, 6.45) is 8.64. The lowest BCUT2D eigenvalue weighted by Gasteiger charge is -2.10. The minimum atomic E-state index is 0.250. The first-order valence-electron chi connectivity index (χ1n) is 3.76. The second-order valence-corrected chi connectivity index (χ2v) is 2.97. The van der Waals surface area contributed by atoms with Crippen LogP contribution in [0.5, 0.6) is 0 Å². The van der Waals surface area contributed by atoms with Crippen molar-refractivity contribution in [2.24, 2.45) is 0 Å². The van der Waals surface area contributed by atoms with Crippen LogP contribution in [0.25, 0.3) is 0 Å². The predicted octanol–water partition coefficient (Wildman–Crippen LogP) is 1.21. The Morgan fingerprint density at radius 3 is 3.17 bits per heavy atom. The minimum absolute atomic E-state index is 0.250. The molecule has 1 atom stereocenters. The molecule has 0 saturated carbocycles. The van der Waals surface area contributed by atoms with Gasteiger partial charge in [0.25, 0.3) is 0 Å². The van der Waals surface area contributed by atoms with E-state index in [2.05, 4.69) is 20.0 Å². The van der Waals surface area contributed by atoms with Crippen molar-refractivity contribution in [2.45, 2.75) is 18.9 Å². The summed E-state index contributed by atoms with van der Waals surface area (Å²) in [5.41, 5.74) is 0.984.